The number of rotatable bonds is 8. The molecule has 0 saturated heterocycles. The maximum Gasteiger partial charge on any atom is 0.253 e. The molecule has 3 N–H and O–H groups in total. The maximum atomic E-state index is 13.5. The van der Waals surface area contributed by atoms with Crippen LogP contribution < -0.4 is 16.2 Å². The van der Waals surface area contributed by atoms with Gasteiger partial charge in [-0.1, -0.05) is 0 Å². The number of benzene rings is 1. The number of nitrogens with zero attached hydrogens (tertiary/aromatic N) is 3. The summed E-state index contributed by atoms with van der Waals surface area (Å²) in [6.45, 7) is 9.98. The smallest absolute Gasteiger partial charge is 0.253 e. The quantitative estimate of drug-likeness (QED) is 0.382. The Bertz CT molecular complexity index is 1370. The third-order valence-electron chi connectivity index (χ3n) is 8.25. The summed E-state index contributed by atoms with van der Waals surface area (Å²) >= 11 is 0. The molecule has 208 valence electrons. The highest BCUT2D eigenvalue weighted by atomic mass is 16.1. The number of nitrogens with one attached hydrogen (secondary N) is 3. The van der Waals surface area contributed by atoms with Crippen LogP contribution in [0.3, 0.4) is 0 Å². The van der Waals surface area contributed by atoms with E-state index >= 15 is 0 Å². The Hall–Kier alpha value is -3.52. The van der Waals surface area contributed by atoms with Gasteiger partial charge in [-0.05, 0) is 115 Å². The number of carbonyl (C=O) groups excluding carboxylic acids is 1. The topological polar surface area (TPSA) is 103 Å². The lowest BCUT2D eigenvalue weighted by Crippen LogP contribution is -2.36. The number of aryl methyl sites for hydroxylation is 3. The molecule has 0 spiro atoms. The van der Waals surface area contributed by atoms with Crippen molar-refractivity contribution in [2.45, 2.75) is 78.9 Å². The zero-order valence-electron chi connectivity index (χ0n) is 24.3. The zero-order valence-corrected chi connectivity index (χ0v) is 24.3. The van der Waals surface area contributed by atoms with E-state index in [0.717, 1.165) is 33.6 Å². The van der Waals surface area contributed by atoms with E-state index in [1.54, 1.807) is 12.4 Å². The Morgan fingerprint density at radius 1 is 1.03 bits per heavy atom. The van der Waals surface area contributed by atoms with Gasteiger partial charge in [0, 0.05) is 59.1 Å². The van der Waals surface area contributed by atoms with Gasteiger partial charge in [0.05, 0.1) is 0 Å². The Labute approximate surface area is 231 Å². The second-order valence-electron chi connectivity index (χ2n) is 11.3. The van der Waals surface area contributed by atoms with Crippen LogP contribution in [0.5, 0.6) is 0 Å². The number of pyridine rings is 1. The van der Waals surface area contributed by atoms with E-state index in [-0.39, 0.29) is 24.1 Å². The summed E-state index contributed by atoms with van der Waals surface area (Å²) in [6.07, 6.45) is 8.35. The van der Waals surface area contributed by atoms with Crippen LogP contribution in [0.1, 0.15) is 71.2 Å². The number of carbonyl (C=O) groups is 1. The molecular weight excluding hydrogens is 488 g/mol. The largest absolute Gasteiger partial charge is 0.382 e. The molecule has 8 nitrogen and oxygen atoms in total. The molecule has 4 rings (SSSR count). The fourth-order valence-electron chi connectivity index (χ4n) is 5.65. The zero-order chi connectivity index (χ0) is 28.3. The minimum absolute atomic E-state index is 0.159. The van der Waals surface area contributed by atoms with Gasteiger partial charge in [-0.2, -0.15) is 0 Å². The van der Waals surface area contributed by atoms with Crippen molar-refractivity contribution in [3.63, 3.8) is 0 Å². The number of hydrogen-bond acceptors (Lipinski definition) is 6. The van der Waals surface area contributed by atoms with Crippen molar-refractivity contribution >= 4 is 11.6 Å². The van der Waals surface area contributed by atoms with Crippen molar-refractivity contribution in [2.24, 2.45) is 5.92 Å². The number of anilines is 1. The molecule has 1 aliphatic rings. The fourth-order valence-corrected chi connectivity index (χ4v) is 5.65. The fraction of sp³-hybridized carbons (Fsp3) is 0.484. The molecule has 2 aromatic heterocycles. The summed E-state index contributed by atoms with van der Waals surface area (Å²) in [4.78, 5) is 39.9. The van der Waals surface area contributed by atoms with Crippen LogP contribution in [0, 0.1) is 33.6 Å². The van der Waals surface area contributed by atoms with Crippen LogP contribution >= 0.6 is 0 Å². The first kappa shape index (κ1) is 28.5. The van der Waals surface area contributed by atoms with Crippen molar-refractivity contribution in [2.75, 3.05) is 19.4 Å². The van der Waals surface area contributed by atoms with E-state index in [1.807, 2.05) is 39.8 Å². The first-order chi connectivity index (χ1) is 18.5. The second-order valence-corrected chi connectivity index (χ2v) is 11.3. The molecular formula is C31H42N6O2. The molecule has 1 aliphatic carbocycles. The van der Waals surface area contributed by atoms with Crippen molar-refractivity contribution in [3.05, 3.63) is 74.7 Å². The minimum Gasteiger partial charge on any atom is -0.382 e. The molecule has 1 amide bonds. The summed E-state index contributed by atoms with van der Waals surface area (Å²) < 4.78 is 0. The predicted octanol–water partition coefficient (Wildman–Crippen LogP) is 4.92. The van der Waals surface area contributed by atoms with E-state index in [4.69, 9.17) is 0 Å². The standard InChI is InChI=1S/C31H42N6O2/c1-18-12-19(2)35-31(39)28(18)17-34-30(38)27-13-24(25-15-32-22(5)33-16-25)14-29(20(27)3)36-21(4)23-8-10-26(11-9-23)37(6)7/h12-16,21,23,26,36H,8-11,17H2,1-7H3,(H,34,38)(H,35,39). The molecule has 1 atom stereocenters. The number of hydrogen-bond donors (Lipinski definition) is 3. The van der Waals surface area contributed by atoms with Crippen LogP contribution in [0.2, 0.25) is 0 Å². The van der Waals surface area contributed by atoms with Gasteiger partial charge in [-0.3, -0.25) is 9.59 Å². The first-order valence-corrected chi connectivity index (χ1v) is 13.9. The number of aromatic nitrogens is 3. The lowest BCUT2D eigenvalue weighted by molar-refractivity contribution is 0.0950. The van der Waals surface area contributed by atoms with Gasteiger partial charge in [-0.15, -0.1) is 0 Å². The van der Waals surface area contributed by atoms with Gasteiger partial charge in [0.1, 0.15) is 5.82 Å². The number of aromatic amines is 1. The van der Waals surface area contributed by atoms with Crippen molar-refractivity contribution in [1.82, 2.24) is 25.2 Å². The molecule has 8 heteroatoms. The highest BCUT2D eigenvalue weighted by Crippen LogP contribution is 2.33. The lowest BCUT2D eigenvalue weighted by Gasteiger charge is -2.36. The summed E-state index contributed by atoms with van der Waals surface area (Å²) in [6, 6.07) is 6.82. The molecule has 1 saturated carbocycles. The van der Waals surface area contributed by atoms with E-state index in [1.165, 1.54) is 25.7 Å². The Balaban J connectivity index is 1.61. The Kier molecular flexibility index (Phi) is 8.85. The van der Waals surface area contributed by atoms with Crippen molar-refractivity contribution in [3.8, 4) is 11.1 Å². The van der Waals surface area contributed by atoms with E-state index in [2.05, 4.69) is 57.6 Å². The lowest BCUT2D eigenvalue weighted by atomic mass is 9.81. The molecule has 1 aromatic carbocycles. The maximum absolute atomic E-state index is 13.5. The van der Waals surface area contributed by atoms with Gasteiger partial charge >= 0.3 is 0 Å². The molecule has 1 unspecified atom stereocenters. The predicted molar refractivity (Wildman–Crippen MR) is 157 cm³/mol. The molecule has 0 radical (unpaired) electrons. The molecule has 1 fully saturated rings. The summed E-state index contributed by atoms with van der Waals surface area (Å²) in [5.41, 5.74) is 6.17. The molecule has 0 bridgehead atoms. The van der Waals surface area contributed by atoms with Crippen LogP contribution in [-0.4, -0.2) is 51.9 Å². The van der Waals surface area contributed by atoms with Gasteiger partial charge in [0.25, 0.3) is 11.5 Å². The number of H-pyrrole nitrogens is 1. The van der Waals surface area contributed by atoms with Crippen molar-refractivity contribution in [1.29, 1.82) is 0 Å². The third-order valence-corrected chi connectivity index (χ3v) is 8.25. The van der Waals surface area contributed by atoms with Crippen LogP contribution in [0.15, 0.2) is 35.4 Å². The number of amides is 1. The van der Waals surface area contributed by atoms with E-state index in [0.29, 0.717) is 28.9 Å². The van der Waals surface area contributed by atoms with Gasteiger partial charge in [0.15, 0.2) is 0 Å². The van der Waals surface area contributed by atoms with Crippen LogP contribution in [0.25, 0.3) is 11.1 Å². The molecule has 2 heterocycles. The van der Waals surface area contributed by atoms with Gasteiger partial charge < -0.3 is 20.5 Å². The third kappa shape index (κ3) is 6.74. The monoisotopic (exact) mass is 530 g/mol. The minimum atomic E-state index is -0.219. The normalized spacial score (nSPS) is 18.2. The van der Waals surface area contributed by atoms with E-state index < -0.39 is 0 Å². The molecule has 3 aromatic rings. The van der Waals surface area contributed by atoms with Crippen LogP contribution in [-0.2, 0) is 6.54 Å². The molecule has 39 heavy (non-hydrogen) atoms. The highest BCUT2D eigenvalue weighted by Gasteiger charge is 2.27. The SMILES string of the molecule is Cc1ncc(-c2cc(NC(C)C3CCC(N(C)C)CC3)c(C)c(C(=O)NCc3c(C)cc(C)[nH]c3=O)c2)cn1. The van der Waals surface area contributed by atoms with Gasteiger partial charge in [-0.25, -0.2) is 9.97 Å². The molecule has 0 aliphatic heterocycles. The van der Waals surface area contributed by atoms with Crippen LogP contribution in [0.4, 0.5) is 5.69 Å². The summed E-state index contributed by atoms with van der Waals surface area (Å²) in [5.74, 6) is 1.05. The Morgan fingerprint density at radius 3 is 2.31 bits per heavy atom. The van der Waals surface area contributed by atoms with Gasteiger partial charge in [0.2, 0.25) is 0 Å². The summed E-state index contributed by atoms with van der Waals surface area (Å²) in [7, 11) is 4.33. The second kappa shape index (κ2) is 12.1. The van der Waals surface area contributed by atoms with E-state index in [9.17, 15) is 9.59 Å². The van der Waals surface area contributed by atoms with Crippen molar-refractivity contribution < 1.29 is 4.79 Å². The highest BCUT2D eigenvalue weighted by molar-refractivity contribution is 5.98. The first-order valence-electron chi connectivity index (χ1n) is 13.9. The Morgan fingerprint density at radius 2 is 1.69 bits per heavy atom. The summed E-state index contributed by atoms with van der Waals surface area (Å²) in [5, 5.41) is 6.73. The average molecular weight is 531 g/mol. The average Bonchev–Trinajstić information content (AvgIpc) is 2.89.